The van der Waals surface area contributed by atoms with Crippen LogP contribution in [0.15, 0.2) is 60.7 Å². The molecule has 0 atom stereocenters. The number of imide groups is 2. The minimum absolute atomic E-state index is 0.0408. The van der Waals surface area contributed by atoms with Crippen molar-refractivity contribution in [3.05, 3.63) is 95.1 Å². The number of carbonyl (C=O) groups excluding carboxylic acids is 4. The van der Waals surface area contributed by atoms with Crippen LogP contribution >= 0.6 is 0 Å². The molecule has 44 heavy (non-hydrogen) atoms. The van der Waals surface area contributed by atoms with E-state index in [1.54, 1.807) is 24.3 Å². The summed E-state index contributed by atoms with van der Waals surface area (Å²) in [5.41, 5.74) is 2.15. The Balaban J connectivity index is 0.960. The van der Waals surface area contributed by atoms with Gasteiger partial charge in [0.2, 0.25) is 0 Å². The lowest BCUT2D eigenvalue weighted by Gasteiger charge is -2.40. The number of nitrogens with one attached hydrogen (secondary N) is 1. The Morgan fingerprint density at radius 3 is 2.02 bits per heavy atom. The molecule has 3 aliphatic rings. The Labute approximate surface area is 256 Å². The third-order valence-electron chi connectivity index (χ3n) is 9.85. The highest BCUT2D eigenvalue weighted by Gasteiger charge is 2.39. The van der Waals surface area contributed by atoms with Crippen LogP contribution in [0.4, 0.5) is 0 Å². The molecule has 222 valence electrons. The van der Waals surface area contributed by atoms with Crippen LogP contribution < -0.4 is 5.32 Å². The number of likely N-dealkylation sites (N-methyl/N-ethyl adjacent to an activating group) is 1. The van der Waals surface area contributed by atoms with E-state index in [0.717, 1.165) is 54.8 Å². The highest BCUT2D eigenvalue weighted by molar-refractivity contribution is 6.26. The molecule has 1 N–H and O–H groups in total. The van der Waals surface area contributed by atoms with Gasteiger partial charge in [0.1, 0.15) is 0 Å². The van der Waals surface area contributed by atoms with Crippen LogP contribution in [0.2, 0.25) is 0 Å². The van der Waals surface area contributed by atoms with Gasteiger partial charge in [0.25, 0.3) is 23.6 Å². The van der Waals surface area contributed by atoms with Crippen LogP contribution in [-0.4, -0.2) is 83.6 Å². The first-order valence-corrected chi connectivity index (χ1v) is 15.4. The van der Waals surface area contributed by atoms with Gasteiger partial charge in [-0.05, 0) is 62.5 Å². The van der Waals surface area contributed by atoms with E-state index in [-0.39, 0.29) is 29.2 Å². The molecule has 7 rings (SSSR count). The van der Waals surface area contributed by atoms with E-state index in [0.29, 0.717) is 53.8 Å². The van der Waals surface area contributed by atoms with Crippen LogP contribution in [0.25, 0.3) is 21.5 Å². The Morgan fingerprint density at radius 2 is 1.34 bits per heavy atom. The molecule has 1 aliphatic carbocycles. The average molecular weight is 587 g/mol. The van der Waals surface area contributed by atoms with E-state index >= 15 is 0 Å². The molecule has 0 aromatic heterocycles. The van der Waals surface area contributed by atoms with Crippen molar-refractivity contribution in [3.8, 4) is 0 Å². The summed E-state index contributed by atoms with van der Waals surface area (Å²) >= 11 is 0. The molecule has 0 unspecified atom stereocenters. The molecule has 0 bridgehead atoms. The molecule has 2 aliphatic heterocycles. The molecule has 1 saturated carbocycles. The molecule has 8 heteroatoms. The maximum atomic E-state index is 13.4. The first kappa shape index (κ1) is 28.2. The highest BCUT2D eigenvalue weighted by Crippen LogP contribution is 2.37. The van der Waals surface area contributed by atoms with E-state index < -0.39 is 0 Å². The molecule has 8 nitrogen and oxygen atoms in total. The summed E-state index contributed by atoms with van der Waals surface area (Å²) in [6.07, 6.45) is 5.25. The number of carbonyl (C=O) groups is 4. The van der Waals surface area contributed by atoms with Crippen molar-refractivity contribution in [2.45, 2.75) is 37.6 Å². The SMILES string of the molecule is CN(CCN1C(=O)c2cc#cc3cccc(c23)C1=O)C1(CCNCCN2C(=O)c3cccc4cccc(c34)C2=O)CCCC1. The van der Waals surface area contributed by atoms with Crippen LogP contribution in [-0.2, 0) is 0 Å². The van der Waals surface area contributed by atoms with Gasteiger partial charge in [-0.2, -0.15) is 0 Å². The topological polar surface area (TPSA) is 90.0 Å². The molecular weight excluding hydrogens is 552 g/mol. The lowest BCUT2D eigenvalue weighted by Crippen LogP contribution is -2.51. The zero-order valence-electron chi connectivity index (χ0n) is 24.8. The Bertz CT molecular complexity index is 1720. The molecular formula is C36H34N4O4. The van der Waals surface area contributed by atoms with Crippen molar-refractivity contribution in [1.82, 2.24) is 20.0 Å². The van der Waals surface area contributed by atoms with Crippen LogP contribution in [0.5, 0.6) is 0 Å². The molecule has 4 aromatic rings. The number of benzene rings is 3. The van der Waals surface area contributed by atoms with E-state index in [1.165, 1.54) is 9.80 Å². The third-order valence-corrected chi connectivity index (χ3v) is 9.85. The summed E-state index contributed by atoms with van der Waals surface area (Å²) in [4.78, 5) is 58.2. The smallest absolute Gasteiger partial charge is 0.262 e. The fourth-order valence-corrected chi connectivity index (χ4v) is 7.40. The normalized spacial score (nSPS) is 17.3. The number of rotatable bonds is 10. The summed E-state index contributed by atoms with van der Waals surface area (Å²) in [6.45, 7) is 2.42. The van der Waals surface area contributed by atoms with Gasteiger partial charge in [0.15, 0.2) is 0 Å². The standard InChI is InChI=1S/C36H34N4O4/c1-38(22-23-40-34(43)28-14-6-10-25-11-7-15-29(31(25)28)35(40)44)36(16-2-3-17-36)18-19-37-20-21-39-32(41)26-12-4-8-24-9-5-13-27(30(24)26)33(39)42/h4-6,8-10,12-15,37H,2-3,16-23H2,1H3. The van der Waals surface area contributed by atoms with E-state index in [1.807, 2.05) is 36.4 Å². The number of hydrogen-bond donors (Lipinski definition) is 1. The highest BCUT2D eigenvalue weighted by atomic mass is 16.2. The third kappa shape index (κ3) is 4.55. The van der Waals surface area contributed by atoms with Crippen molar-refractivity contribution in [2.24, 2.45) is 0 Å². The van der Waals surface area contributed by atoms with Crippen molar-refractivity contribution >= 4 is 45.2 Å². The van der Waals surface area contributed by atoms with Gasteiger partial charge < -0.3 is 5.32 Å². The van der Waals surface area contributed by atoms with Gasteiger partial charge in [-0.1, -0.05) is 55.3 Å². The maximum absolute atomic E-state index is 13.4. The second-order valence-electron chi connectivity index (χ2n) is 12.1. The van der Waals surface area contributed by atoms with Crippen molar-refractivity contribution < 1.29 is 19.2 Å². The van der Waals surface area contributed by atoms with Gasteiger partial charge in [0.05, 0.1) is 5.56 Å². The maximum Gasteiger partial charge on any atom is 0.262 e. The minimum Gasteiger partial charge on any atom is -0.315 e. The quantitative estimate of drug-likeness (QED) is 0.214. The summed E-state index contributed by atoms with van der Waals surface area (Å²) in [5.74, 6) is -1.03. The van der Waals surface area contributed by atoms with Crippen molar-refractivity contribution in [2.75, 3.05) is 39.8 Å². The second-order valence-corrected chi connectivity index (χ2v) is 12.1. The molecule has 4 amide bonds. The number of amides is 4. The number of nitrogens with zero attached hydrogens (tertiary/aromatic N) is 3. The lowest BCUT2D eigenvalue weighted by molar-refractivity contribution is 0.0542. The average Bonchev–Trinajstić information content (AvgIpc) is 3.53. The predicted octanol–water partition coefficient (Wildman–Crippen LogP) is 4.71. The Morgan fingerprint density at radius 1 is 0.750 bits per heavy atom. The van der Waals surface area contributed by atoms with Gasteiger partial charge >= 0.3 is 0 Å². The summed E-state index contributed by atoms with van der Waals surface area (Å²) in [7, 11) is 2.09. The van der Waals surface area contributed by atoms with Gasteiger partial charge in [0, 0.05) is 70.6 Å². The van der Waals surface area contributed by atoms with Crippen molar-refractivity contribution in [1.29, 1.82) is 0 Å². The van der Waals surface area contributed by atoms with Crippen LogP contribution in [0.3, 0.4) is 0 Å². The Hall–Kier alpha value is -4.58. The molecule has 0 saturated heterocycles. The molecule has 0 radical (unpaired) electrons. The van der Waals surface area contributed by atoms with Gasteiger partial charge in [-0.15, -0.1) is 0 Å². The minimum atomic E-state index is -0.278. The monoisotopic (exact) mass is 586 g/mol. The van der Waals surface area contributed by atoms with Gasteiger partial charge in [-0.25, -0.2) is 0 Å². The first-order chi connectivity index (χ1) is 21.4. The first-order valence-electron chi connectivity index (χ1n) is 15.4. The second kappa shape index (κ2) is 11.2. The van der Waals surface area contributed by atoms with E-state index in [2.05, 4.69) is 29.4 Å². The zero-order valence-corrected chi connectivity index (χ0v) is 24.8. The fraction of sp³-hybridized carbons (Fsp3) is 0.333. The summed E-state index contributed by atoms with van der Waals surface area (Å²) in [6, 6.07) is 24.2. The van der Waals surface area contributed by atoms with E-state index in [4.69, 9.17) is 0 Å². The molecule has 4 aromatic carbocycles. The zero-order chi connectivity index (χ0) is 30.4. The van der Waals surface area contributed by atoms with Crippen LogP contribution in [0.1, 0.15) is 73.5 Å². The largest absolute Gasteiger partial charge is 0.315 e. The number of hydrogen-bond acceptors (Lipinski definition) is 6. The predicted molar refractivity (Wildman–Crippen MR) is 168 cm³/mol. The van der Waals surface area contributed by atoms with E-state index in [9.17, 15) is 19.2 Å². The lowest BCUT2D eigenvalue weighted by atomic mass is 9.91. The van der Waals surface area contributed by atoms with Gasteiger partial charge in [-0.3, -0.25) is 33.9 Å². The van der Waals surface area contributed by atoms with Crippen molar-refractivity contribution in [3.63, 3.8) is 0 Å². The van der Waals surface area contributed by atoms with Crippen LogP contribution in [0, 0.1) is 12.1 Å². The summed E-state index contributed by atoms with van der Waals surface area (Å²) < 4.78 is 0. The molecule has 0 spiro atoms. The fourth-order valence-electron chi connectivity index (χ4n) is 7.40. The summed E-state index contributed by atoms with van der Waals surface area (Å²) in [5, 5.41) is 6.51. The molecule has 1 fully saturated rings. The molecule has 2 heterocycles. The Kier molecular flexibility index (Phi) is 7.16.